The molecule has 0 spiro atoms. The monoisotopic (exact) mass is 263 g/mol. The summed E-state index contributed by atoms with van der Waals surface area (Å²) >= 11 is 0. The topological polar surface area (TPSA) is 54.5 Å². The maximum absolute atomic E-state index is 12.4. The van der Waals surface area contributed by atoms with Gasteiger partial charge in [-0.3, -0.25) is 9.78 Å². The summed E-state index contributed by atoms with van der Waals surface area (Å²) < 4.78 is 5.28. The minimum absolute atomic E-state index is 0.119. The number of carbonyl (C=O) groups excluding carboxylic acids is 1. The van der Waals surface area contributed by atoms with E-state index in [0.717, 1.165) is 18.5 Å². The number of likely N-dealkylation sites (N-methyl/N-ethyl adjacent to an activating group) is 1. The first-order valence-corrected chi connectivity index (χ1v) is 6.68. The van der Waals surface area contributed by atoms with Gasteiger partial charge in [0.05, 0.1) is 12.1 Å². The third kappa shape index (κ3) is 3.52. The molecule has 1 aromatic rings. The van der Waals surface area contributed by atoms with Crippen LogP contribution in [-0.4, -0.2) is 48.1 Å². The van der Waals surface area contributed by atoms with Crippen molar-refractivity contribution in [3.05, 3.63) is 30.1 Å². The molecule has 0 aromatic carbocycles. The molecule has 5 nitrogen and oxygen atoms in total. The van der Waals surface area contributed by atoms with Gasteiger partial charge in [-0.1, -0.05) is 0 Å². The van der Waals surface area contributed by atoms with Gasteiger partial charge in [-0.05, 0) is 31.0 Å². The number of carbonyl (C=O) groups is 1. The fourth-order valence-electron chi connectivity index (χ4n) is 2.35. The highest BCUT2D eigenvalue weighted by molar-refractivity contribution is 5.82. The molecule has 1 aliphatic rings. The predicted octanol–water partition coefficient (Wildman–Crippen LogP) is 0.807. The van der Waals surface area contributed by atoms with Crippen LogP contribution in [0.1, 0.15) is 18.9 Å². The quantitative estimate of drug-likeness (QED) is 0.854. The summed E-state index contributed by atoms with van der Waals surface area (Å²) in [7, 11) is 1.69. The molecule has 2 heterocycles. The first kappa shape index (κ1) is 14.0. The molecule has 1 fully saturated rings. The van der Waals surface area contributed by atoms with E-state index in [1.807, 2.05) is 24.0 Å². The molecule has 1 aromatic heterocycles. The minimum Gasteiger partial charge on any atom is -0.380 e. The molecule has 0 saturated carbocycles. The van der Waals surface area contributed by atoms with Gasteiger partial charge in [0, 0.05) is 39.1 Å². The summed E-state index contributed by atoms with van der Waals surface area (Å²) in [6.45, 7) is 4.09. The van der Waals surface area contributed by atoms with Crippen molar-refractivity contribution >= 4 is 5.91 Å². The number of methoxy groups -OCH3 is 1. The summed E-state index contributed by atoms with van der Waals surface area (Å²) in [5, 5.41) is 3.23. The van der Waals surface area contributed by atoms with Crippen LogP contribution in [-0.2, 0) is 16.1 Å². The number of rotatable bonds is 5. The third-order valence-electron chi connectivity index (χ3n) is 3.54. The van der Waals surface area contributed by atoms with E-state index in [4.69, 9.17) is 4.74 Å². The van der Waals surface area contributed by atoms with Gasteiger partial charge in [-0.25, -0.2) is 0 Å². The maximum atomic E-state index is 12.4. The van der Waals surface area contributed by atoms with Gasteiger partial charge in [0.1, 0.15) is 0 Å². The van der Waals surface area contributed by atoms with Gasteiger partial charge < -0.3 is 15.0 Å². The van der Waals surface area contributed by atoms with Crippen LogP contribution >= 0.6 is 0 Å². The Morgan fingerprint density at radius 1 is 1.53 bits per heavy atom. The first-order valence-electron chi connectivity index (χ1n) is 6.68. The van der Waals surface area contributed by atoms with E-state index in [-0.39, 0.29) is 18.1 Å². The molecule has 104 valence electrons. The second-order valence-electron chi connectivity index (χ2n) is 4.76. The fourth-order valence-corrected chi connectivity index (χ4v) is 2.35. The van der Waals surface area contributed by atoms with Gasteiger partial charge in [-0.15, -0.1) is 0 Å². The molecule has 19 heavy (non-hydrogen) atoms. The normalized spacial score (nSPS) is 22.4. The van der Waals surface area contributed by atoms with E-state index in [0.29, 0.717) is 13.1 Å². The second kappa shape index (κ2) is 6.63. The van der Waals surface area contributed by atoms with Crippen molar-refractivity contribution in [1.29, 1.82) is 0 Å². The summed E-state index contributed by atoms with van der Waals surface area (Å²) in [6, 6.07) is 3.76. The molecule has 1 N–H and O–H groups in total. The Kier molecular flexibility index (Phi) is 4.87. The van der Waals surface area contributed by atoms with E-state index in [2.05, 4.69) is 10.3 Å². The molecule has 1 saturated heterocycles. The van der Waals surface area contributed by atoms with E-state index >= 15 is 0 Å². The third-order valence-corrected chi connectivity index (χ3v) is 3.54. The van der Waals surface area contributed by atoms with Crippen molar-refractivity contribution in [2.45, 2.75) is 32.0 Å². The van der Waals surface area contributed by atoms with Crippen LogP contribution in [0.25, 0.3) is 0 Å². The lowest BCUT2D eigenvalue weighted by atomic mass is 10.1. The highest BCUT2D eigenvalue weighted by Crippen LogP contribution is 2.13. The number of ether oxygens (including phenoxy) is 1. The Balaban J connectivity index is 1.96. The zero-order chi connectivity index (χ0) is 13.7. The van der Waals surface area contributed by atoms with Gasteiger partial charge in [-0.2, -0.15) is 0 Å². The fraction of sp³-hybridized carbons (Fsp3) is 0.571. The van der Waals surface area contributed by atoms with Gasteiger partial charge in [0.2, 0.25) is 5.91 Å². The number of aromatic nitrogens is 1. The Morgan fingerprint density at radius 3 is 2.84 bits per heavy atom. The van der Waals surface area contributed by atoms with Crippen molar-refractivity contribution in [2.24, 2.45) is 0 Å². The van der Waals surface area contributed by atoms with Gasteiger partial charge >= 0.3 is 0 Å². The highest BCUT2D eigenvalue weighted by atomic mass is 16.5. The van der Waals surface area contributed by atoms with Crippen LogP contribution < -0.4 is 5.32 Å². The van der Waals surface area contributed by atoms with E-state index in [9.17, 15) is 4.79 Å². The molecule has 2 atom stereocenters. The summed E-state index contributed by atoms with van der Waals surface area (Å²) in [5.74, 6) is 0.152. The van der Waals surface area contributed by atoms with E-state index in [1.165, 1.54) is 0 Å². The molecule has 1 amide bonds. The van der Waals surface area contributed by atoms with Crippen molar-refractivity contribution in [1.82, 2.24) is 15.2 Å². The Hall–Kier alpha value is -1.46. The zero-order valence-electron chi connectivity index (χ0n) is 11.5. The van der Waals surface area contributed by atoms with Gasteiger partial charge in [0.15, 0.2) is 0 Å². The molecular weight excluding hydrogens is 242 g/mol. The van der Waals surface area contributed by atoms with E-state index < -0.39 is 0 Å². The Bertz CT molecular complexity index is 410. The predicted molar refractivity (Wildman–Crippen MR) is 72.5 cm³/mol. The number of amides is 1. The SMILES string of the molecule is CCN(Cc1ccncc1)C(=O)C1CC(OC)CN1. The van der Waals surface area contributed by atoms with Crippen molar-refractivity contribution in [3.63, 3.8) is 0 Å². The van der Waals surface area contributed by atoms with Crippen LogP contribution in [0.4, 0.5) is 0 Å². The Labute approximate surface area is 114 Å². The summed E-state index contributed by atoms with van der Waals surface area (Å²) in [4.78, 5) is 18.3. The van der Waals surface area contributed by atoms with Gasteiger partial charge in [0.25, 0.3) is 0 Å². The van der Waals surface area contributed by atoms with E-state index in [1.54, 1.807) is 19.5 Å². The molecule has 0 bridgehead atoms. The smallest absolute Gasteiger partial charge is 0.240 e. The van der Waals surface area contributed by atoms with Crippen LogP contribution in [0, 0.1) is 0 Å². The van der Waals surface area contributed by atoms with Crippen molar-refractivity contribution in [3.8, 4) is 0 Å². The Morgan fingerprint density at radius 2 is 2.26 bits per heavy atom. The largest absolute Gasteiger partial charge is 0.380 e. The zero-order valence-corrected chi connectivity index (χ0v) is 11.5. The lowest BCUT2D eigenvalue weighted by molar-refractivity contribution is -0.133. The average Bonchev–Trinajstić information content (AvgIpc) is 2.94. The molecule has 2 rings (SSSR count). The number of hydrogen-bond acceptors (Lipinski definition) is 4. The molecule has 0 aliphatic carbocycles. The molecule has 0 radical (unpaired) electrons. The minimum atomic E-state index is -0.119. The molecule has 2 unspecified atom stereocenters. The van der Waals surface area contributed by atoms with Crippen LogP contribution in [0.2, 0.25) is 0 Å². The maximum Gasteiger partial charge on any atom is 0.240 e. The summed E-state index contributed by atoms with van der Waals surface area (Å²) in [6.07, 6.45) is 4.40. The second-order valence-corrected chi connectivity index (χ2v) is 4.76. The van der Waals surface area contributed by atoms with Crippen LogP contribution in [0.3, 0.4) is 0 Å². The number of hydrogen-bond donors (Lipinski definition) is 1. The number of nitrogens with zero attached hydrogens (tertiary/aromatic N) is 2. The first-order chi connectivity index (χ1) is 9.24. The lowest BCUT2D eigenvalue weighted by Gasteiger charge is -2.24. The number of pyridine rings is 1. The molecule has 5 heteroatoms. The van der Waals surface area contributed by atoms with Crippen LogP contribution in [0.15, 0.2) is 24.5 Å². The van der Waals surface area contributed by atoms with Crippen molar-refractivity contribution < 1.29 is 9.53 Å². The number of nitrogens with one attached hydrogen (secondary N) is 1. The van der Waals surface area contributed by atoms with Crippen molar-refractivity contribution in [2.75, 3.05) is 20.2 Å². The lowest BCUT2D eigenvalue weighted by Crippen LogP contribution is -2.43. The standard InChI is InChI=1S/C14H21N3O2/c1-3-17(10-11-4-6-15-7-5-11)14(18)13-8-12(19-2)9-16-13/h4-7,12-13,16H,3,8-10H2,1-2H3. The van der Waals surface area contributed by atoms with Crippen LogP contribution in [0.5, 0.6) is 0 Å². The molecule has 1 aliphatic heterocycles. The highest BCUT2D eigenvalue weighted by Gasteiger charge is 2.31. The summed E-state index contributed by atoms with van der Waals surface area (Å²) in [5.41, 5.74) is 1.10. The average molecular weight is 263 g/mol. The molecular formula is C14H21N3O2.